The first-order valence-electron chi connectivity index (χ1n) is 9.17. The van der Waals surface area contributed by atoms with Crippen LogP contribution in [-0.4, -0.2) is 21.2 Å². The number of anilines is 2. The van der Waals surface area contributed by atoms with Crippen LogP contribution in [0.5, 0.6) is 0 Å². The molecule has 0 aliphatic heterocycles. The molecule has 2 aromatic heterocycles. The van der Waals surface area contributed by atoms with Crippen molar-refractivity contribution < 1.29 is 4.79 Å². The van der Waals surface area contributed by atoms with E-state index in [0.29, 0.717) is 12.1 Å². The maximum absolute atomic E-state index is 12.2. The number of benzene rings is 2. The molecule has 0 fully saturated rings. The van der Waals surface area contributed by atoms with Crippen molar-refractivity contribution in [2.24, 2.45) is 0 Å². The van der Waals surface area contributed by atoms with Gasteiger partial charge in [0.05, 0.1) is 17.9 Å². The van der Waals surface area contributed by atoms with Gasteiger partial charge < -0.3 is 10.6 Å². The van der Waals surface area contributed by atoms with E-state index in [1.165, 1.54) is 0 Å². The summed E-state index contributed by atoms with van der Waals surface area (Å²) in [4.78, 5) is 16.4. The molecule has 4 aromatic rings. The number of hydrogen-bond donors (Lipinski definition) is 3. The van der Waals surface area contributed by atoms with Gasteiger partial charge in [0.2, 0.25) is 0 Å². The van der Waals surface area contributed by atoms with Gasteiger partial charge in [-0.2, -0.15) is 5.10 Å². The lowest BCUT2D eigenvalue weighted by Crippen LogP contribution is -2.19. The molecule has 142 valence electrons. The fourth-order valence-corrected chi connectivity index (χ4v) is 2.95. The highest BCUT2D eigenvalue weighted by Gasteiger charge is 2.05. The summed E-state index contributed by atoms with van der Waals surface area (Å²) in [6.07, 6.45) is 5.91. The fraction of sp³-hybridized carbons (Fsp3) is 0.0870. The standard InChI is InChI=1S/C23H19N5O/c1-16-10-11-20(27-23(29)26-19-8-3-2-4-9-19)12-17(16)6-5-7-18-13-24-15-22-21(18)14-25-28-22/h2-4,8-15H,7H2,1H3,(H,25,28)(H2,26,27,29). The highest BCUT2D eigenvalue weighted by Crippen LogP contribution is 2.17. The van der Waals surface area contributed by atoms with Crippen LogP contribution in [0.4, 0.5) is 16.2 Å². The monoisotopic (exact) mass is 381 g/mol. The number of aromatic amines is 1. The summed E-state index contributed by atoms with van der Waals surface area (Å²) in [6.45, 7) is 2.00. The minimum absolute atomic E-state index is 0.295. The number of urea groups is 1. The Morgan fingerprint density at radius 1 is 1.03 bits per heavy atom. The molecule has 6 heteroatoms. The third-order valence-corrected chi connectivity index (χ3v) is 4.48. The van der Waals surface area contributed by atoms with E-state index in [1.54, 1.807) is 12.4 Å². The lowest BCUT2D eigenvalue weighted by Gasteiger charge is -2.09. The number of para-hydroxylation sites is 1. The number of H-pyrrole nitrogens is 1. The molecule has 4 rings (SSSR count). The number of amides is 2. The zero-order valence-electron chi connectivity index (χ0n) is 15.9. The second kappa shape index (κ2) is 8.28. The molecule has 0 spiro atoms. The second-order valence-electron chi connectivity index (χ2n) is 6.58. The summed E-state index contributed by atoms with van der Waals surface area (Å²) in [5, 5.41) is 13.6. The van der Waals surface area contributed by atoms with Crippen LogP contribution in [0.15, 0.2) is 67.1 Å². The molecule has 0 unspecified atom stereocenters. The molecule has 29 heavy (non-hydrogen) atoms. The molecule has 2 heterocycles. The molecule has 6 nitrogen and oxygen atoms in total. The number of aromatic nitrogens is 3. The van der Waals surface area contributed by atoms with Crippen LogP contribution in [0.25, 0.3) is 10.9 Å². The summed E-state index contributed by atoms with van der Waals surface area (Å²) >= 11 is 0. The van der Waals surface area contributed by atoms with Crippen LogP contribution in [0, 0.1) is 18.8 Å². The maximum atomic E-state index is 12.2. The Kier molecular flexibility index (Phi) is 5.21. The Morgan fingerprint density at radius 3 is 2.72 bits per heavy atom. The summed E-state index contributed by atoms with van der Waals surface area (Å²) in [6, 6.07) is 14.7. The number of rotatable bonds is 3. The van der Waals surface area contributed by atoms with E-state index in [2.05, 4.69) is 37.7 Å². The van der Waals surface area contributed by atoms with Crippen LogP contribution in [0.1, 0.15) is 16.7 Å². The van der Waals surface area contributed by atoms with Crippen molar-refractivity contribution in [2.45, 2.75) is 13.3 Å². The molecule has 0 bridgehead atoms. The number of carbonyl (C=O) groups excluding carboxylic acids is 1. The highest BCUT2D eigenvalue weighted by atomic mass is 16.2. The van der Waals surface area contributed by atoms with E-state index >= 15 is 0 Å². The quantitative estimate of drug-likeness (QED) is 0.457. The molecule has 0 radical (unpaired) electrons. The van der Waals surface area contributed by atoms with Crippen molar-refractivity contribution in [3.63, 3.8) is 0 Å². The van der Waals surface area contributed by atoms with Gasteiger partial charge in [-0.25, -0.2) is 4.79 Å². The third-order valence-electron chi connectivity index (χ3n) is 4.48. The Hall–Kier alpha value is -4.11. The van der Waals surface area contributed by atoms with Crippen molar-refractivity contribution >= 4 is 28.3 Å². The molecular formula is C23H19N5O. The number of aryl methyl sites for hydroxylation is 1. The zero-order valence-corrected chi connectivity index (χ0v) is 15.9. The first-order valence-corrected chi connectivity index (χ1v) is 9.17. The first kappa shape index (κ1) is 18.3. The molecule has 0 saturated carbocycles. The Labute approximate surface area is 168 Å². The van der Waals surface area contributed by atoms with Gasteiger partial charge in [0.15, 0.2) is 0 Å². The van der Waals surface area contributed by atoms with E-state index in [-0.39, 0.29) is 6.03 Å². The van der Waals surface area contributed by atoms with E-state index in [4.69, 9.17) is 0 Å². The average molecular weight is 381 g/mol. The summed E-state index contributed by atoms with van der Waals surface area (Å²) < 4.78 is 0. The van der Waals surface area contributed by atoms with Gasteiger partial charge in [-0.1, -0.05) is 36.1 Å². The SMILES string of the molecule is Cc1ccc(NC(=O)Nc2ccccc2)cc1C#CCc1cncc2[nH]ncc12. The molecule has 2 aromatic carbocycles. The molecule has 2 amide bonds. The van der Waals surface area contributed by atoms with Gasteiger partial charge in [-0.3, -0.25) is 10.1 Å². The lowest BCUT2D eigenvalue weighted by molar-refractivity contribution is 0.262. The molecule has 0 atom stereocenters. The smallest absolute Gasteiger partial charge is 0.308 e. The van der Waals surface area contributed by atoms with Gasteiger partial charge >= 0.3 is 6.03 Å². The van der Waals surface area contributed by atoms with Gasteiger partial charge in [0, 0.05) is 34.9 Å². The second-order valence-corrected chi connectivity index (χ2v) is 6.58. The van der Waals surface area contributed by atoms with Gasteiger partial charge in [0.25, 0.3) is 0 Å². The van der Waals surface area contributed by atoms with Crippen LogP contribution in [0.3, 0.4) is 0 Å². The van der Waals surface area contributed by atoms with E-state index in [1.807, 2.05) is 61.7 Å². The van der Waals surface area contributed by atoms with Crippen molar-refractivity contribution in [3.05, 3.63) is 83.8 Å². The summed E-state index contributed by atoms with van der Waals surface area (Å²) in [7, 11) is 0. The van der Waals surface area contributed by atoms with Crippen LogP contribution < -0.4 is 10.6 Å². The number of nitrogens with one attached hydrogen (secondary N) is 3. The van der Waals surface area contributed by atoms with Gasteiger partial charge in [0.1, 0.15) is 0 Å². The molecule has 3 N–H and O–H groups in total. The normalized spacial score (nSPS) is 10.2. The predicted molar refractivity (Wildman–Crippen MR) is 115 cm³/mol. The minimum atomic E-state index is -0.295. The zero-order chi connectivity index (χ0) is 20.1. The molecular weight excluding hydrogens is 362 g/mol. The first-order chi connectivity index (χ1) is 14.2. The average Bonchev–Trinajstić information content (AvgIpc) is 3.21. The van der Waals surface area contributed by atoms with Gasteiger partial charge in [-0.15, -0.1) is 0 Å². The predicted octanol–water partition coefficient (Wildman–Crippen LogP) is 4.50. The van der Waals surface area contributed by atoms with Crippen molar-refractivity contribution in [1.82, 2.24) is 15.2 Å². The van der Waals surface area contributed by atoms with Crippen molar-refractivity contribution in [1.29, 1.82) is 0 Å². The van der Waals surface area contributed by atoms with E-state index in [0.717, 1.165) is 33.3 Å². The number of hydrogen-bond acceptors (Lipinski definition) is 3. The third kappa shape index (κ3) is 4.42. The summed E-state index contributed by atoms with van der Waals surface area (Å²) in [5.41, 5.74) is 5.26. The van der Waals surface area contributed by atoms with E-state index in [9.17, 15) is 4.79 Å². The highest BCUT2D eigenvalue weighted by molar-refractivity contribution is 5.99. The van der Waals surface area contributed by atoms with Gasteiger partial charge in [-0.05, 0) is 42.3 Å². The summed E-state index contributed by atoms with van der Waals surface area (Å²) in [5.74, 6) is 6.40. The Morgan fingerprint density at radius 2 is 1.86 bits per heavy atom. The van der Waals surface area contributed by atoms with E-state index < -0.39 is 0 Å². The number of nitrogens with zero attached hydrogens (tertiary/aromatic N) is 2. The van der Waals surface area contributed by atoms with Crippen LogP contribution in [0.2, 0.25) is 0 Å². The largest absolute Gasteiger partial charge is 0.323 e. The number of carbonyl (C=O) groups is 1. The topological polar surface area (TPSA) is 82.7 Å². The van der Waals surface area contributed by atoms with Crippen LogP contribution in [-0.2, 0) is 6.42 Å². The molecule has 0 aliphatic rings. The lowest BCUT2D eigenvalue weighted by atomic mass is 10.1. The number of pyridine rings is 1. The van der Waals surface area contributed by atoms with Crippen LogP contribution >= 0.6 is 0 Å². The minimum Gasteiger partial charge on any atom is -0.308 e. The fourth-order valence-electron chi connectivity index (χ4n) is 2.95. The maximum Gasteiger partial charge on any atom is 0.323 e. The van der Waals surface area contributed by atoms with Crippen molar-refractivity contribution in [2.75, 3.05) is 10.6 Å². The molecule has 0 aliphatic carbocycles. The van der Waals surface area contributed by atoms with Crippen molar-refractivity contribution in [3.8, 4) is 11.8 Å². The molecule has 0 saturated heterocycles. The number of fused-ring (bicyclic) bond motifs is 1. The Balaban J connectivity index is 1.47. The Bertz CT molecular complexity index is 1220.